The van der Waals surface area contributed by atoms with Crippen molar-refractivity contribution >= 4 is 0 Å². The monoisotopic (exact) mass is 276 g/mol. The first-order valence-electron chi connectivity index (χ1n) is 7.77. The Morgan fingerprint density at radius 1 is 1.40 bits per heavy atom. The molecule has 3 nitrogen and oxygen atoms in total. The van der Waals surface area contributed by atoms with Crippen LogP contribution in [0.15, 0.2) is 24.3 Å². The number of nitrogens with zero attached hydrogens (tertiary/aromatic N) is 1. The molecule has 0 aliphatic carbocycles. The zero-order valence-electron chi connectivity index (χ0n) is 13.1. The Bertz CT molecular complexity index is 408. The van der Waals surface area contributed by atoms with E-state index in [-0.39, 0.29) is 0 Å². The van der Waals surface area contributed by atoms with Gasteiger partial charge in [0, 0.05) is 25.2 Å². The molecule has 1 aromatic rings. The molecule has 0 aromatic heterocycles. The zero-order valence-corrected chi connectivity index (χ0v) is 13.1. The number of rotatable bonds is 6. The van der Waals surface area contributed by atoms with Crippen LogP contribution in [0.3, 0.4) is 0 Å². The van der Waals surface area contributed by atoms with Gasteiger partial charge in [-0.1, -0.05) is 36.8 Å². The molecule has 2 unspecified atom stereocenters. The van der Waals surface area contributed by atoms with Crippen molar-refractivity contribution in [2.45, 2.75) is 45.3 Å². The molecule has 0 spiro atoms. The smallest absolute Gasteiger partial charge is 0.0637 e. The normalized spacial score (nSPS) is 23.2. The van der Waals surface area contributed by atoms with Crippen LogP contribution >= 0.6 is 0 Å². The summed E-state index contributed by atoms with van der Waals surface area (Å²) in [5.41, 5.74) is 2.71. The summed E-state index contributed by atoms with van der Waals surface area (Å²) in [6.45, 7) is 8.18. The maximum Gasteiger partial charge on any atom is 0.0637 e. The molecular formula is C17H28N2O. The van der Waals surface area contributed by atoms with Gasteiger partial charge in [0.1, 0.15) is 0 Å². The van der Waals surface area contributed by atoms with Gasteiger partial charge in [0.25, 0.3) is 0 Å². The van der Waals surface area contributed by atoms with Gasteiger partial charge in [0.05, 0.1) is 6.61 Å². The van der Waals surface area contributed by atoms with Gasteiger partial charge in [-0.3, -0.25) is 4.90 Å². The highest BCUT2D eigenvalue weighted by molar-refractivity contribution is 5.22. The third-order valence-corrected chi connectivity index (χ3v) is 4.06. The predicted octanol–water partition coefficient (Wildman–Crippen LogP) is 2.58. The summed E-state index contributed by atoms with van der Waals surface area (Å²) < 4.78 is 5.69. The second-order valence-electron chi connectivity index (χ2n) is 5.90. The second kappa shape index (κ2) is 7.77. The Morgan fingerprint density at radius 3 is 3.00 bits per heavy atom. The number of hydrogen-bond acceptors (Lipinski definition) is 3. The van der Waals surface area contributed by atoms with Crippen molar-refractivity contribution in [1.29, 1.82) is 0 Å². The molecule has 0 amide bonds. The second-order valence-corrected chi connectivity index (χ2v) is 5.90. The van der Waals surface area contributed by atoms with Crippen molar-refractivity contribution in [3.63, 3.8) is 0 Å². The lowest BCUT2D eigenvalue weighted by Crippen LogP contribution is -2.54. The first kappa shape index (κ1) is 15.5. The third-order valence-electron chi connectivity index (χ3n) is 4.06. The molecule has 1 fully saturated rings. The van der Waals surface area contributed by atoms with Gasteiger partial charge in [0.15, 0.2) is 0 Å². The van der Waals surface area contributed by atoms with E-state index in [1.165, 1.54) is 17.5 Å². The summed E-state index contributed by atoms with van der Waals surface area (Å²) >= 11 is 0. The lowest BCUT2D eigenvalue weighted by atomic mass is 10.0. The van der Waals surface area contributed by atoms with E-state index >= 15 is 0 Å². The summed E-state index contributed by atoms with van der Waals surface area (Å²) in [5, 5.41) is 3.68. The van der Waals surface area contributed by atoms with E-state index in [0.29, 0.717) is 12.1 Å². The number of aryl methyl sites for hydroxylation is 1. The molecule has 1 N–H and O–H groups in total. The van der Waals surface area contributed by atoms with Gasteiger partial charge < -0.3 is 10.1 Å². The minimum absolute atomic E-state index is 0.468. The number of ether oxygens (including phenoxy) is 1. The van der Waals surface area contributed by atoms with E-state index in [4.69, 9.17) is 4.74 Å². The predicted molar refractivity (Wildman–Crippen MR) is 84.0 cm³/mol. The third kappa shape index (κ3) is 4.30. The molecule has 0 radical (unpaired) electrons. The van der Waals surface area contributed by atoms with Crippen LogP contribution in [0.25, 0.3) is 0 Å². The van der Waals surface area contributed by atoms with Crippen molar-refractivity contribution < 1.29 is 4.74 Å². The summed E-state index contributed by atoms with van der Waals surface area (Å²) in [6, 6.07) is 9.80. The van der Waals surface area contributed by atoms with Crippen molar-refractivity contribution in [2.75, 3.05) is 26.8 Å². The molecule has 1 aliphatic heterocycles. The minimum atomic E-state index is 0.468. The maximum atomic E-state index is 5.69. The summed E-state index contributed by atoms with van der Waals surface area (Å²) in [6.07, 6.45) is 2.30. The van der Waals surface area contributed by atoms with Gasteiger partial charge in [-0.05, 0) is 38.9 Å². The van der Waals surface area contributed by atoms with E-state index in [1.807, 2.05) is 0 Å². The highest BCUT2D eigenvalue weighted by atomic mass is 16.5. The fraction of sp³-hybridized carbons (Fsp3) is 0.647. The Morgan fingerprint density at radius 2 is 2.25 bits per heavy atom. The number of hydrogen-bond donors (Lipinski definition) is 1. The largest absolute Gasteiger partial charge is 0.380 e. The molecule has 2 atom stereocenters. The fourth-order valence-corrected chi connectivity index (χ4v) is 2.94. The molecule has 20 heavy (non-hydrogen) atoms. The fourth-order valence-electron chi connectivity index (χ4n) is 2.94. The molecule has 1 aromatic carbocycles. The highest BCUT2D eigenvalue weighted by Gasteiger charge is 2.28. The highest BCUT2D eigenvalue weighted by Crippen LogP contribution is 2.16. The van der Waals surface area contributed by atoms with Crippen LogP contribution in [0.5, 0.6) is 0 Å². The van der Waals surface area contributed by atoms with E-state index in [1.54, 1.807) is 0 Å². The minimum Gasteiger partial charge on any atom is -0.380 e. The molecule has 0 bridgehead atoms. The summed E-state index contributed by atoms with van der Waals surface area (Å²) in [7, 11) is 2.21. The van der Waals surface area contributed by atoms with Crippen molar-refractivity contribution in [3.05, 3.63) is 35.4 Å². The van der Waals surface area contributed by atoms with Crippen LogP contribution in [0, 0.1) is 6.92 Å². The van der Waals surface area contributed by atoms with E-state index in [9.17, 15) is 0 Å². The van der Waals surface area contributed by atoms with Crippen LogP contribution in [0.2, 0.25) is 0 Å². The molecule has 112 valence electrons. The average Bonchev–Trinajstić information content (AvgIpc) is 2.45. The van der Waals surface area contributed by atoms with Crippen LogP contribution < -0.4 is 5.32 Å². The number of likely N-dealkylation sites (N-methyl/N-ethyl adjacent to an activating group) is 1. The van der Waals surface area contributed by atoms with Crippen LogP contribution in [-0.4, -0.2) is 43.8 Å². The lowest BCUT2D eigenvalue weighted by Gasteiger charge is -2.38. The Kier molecular flexibility index (Phi) is 6.02. The quantitative estimate of drug-likeness (QED) is 0.864. The van der Waals surface area contributed by atoms with Gasteiger partial charge in [-0.2, -0.15) is 0 Å². The number of nitrogens with one attached hydrogen (secondary N) is 1. The SMILES string of the molecule is CCCNC1CCOCC1N(C)Cc1cccc(C)c1. The molecule has 0 saturated carbocycles. The van der Waals surface area contributed by atoms with Crippen LogP contribution in [-0.2, 0) is 11.3 Å². The molecule has 2 rings (SSSR count). The van der Waals surface area contributed by atoms with Gasteiger partial charge in [-0.25, -0.2) is 0 Å². The average molecular weight is 276 g/mol. The van der Waals surface area contributed by atoms with Crippen molar-refractivity contribution in [2.24, 2.45) is 0 Å². The Labute approximate surface area is 123 Å². The van der Waals surface area contributed by atoms with Crippen molar-refractivity contribution in [3.8, 4) is 0 Å². The molecular weight excluding hydrogens is 248 g/mol. The first-order chi connectivity index (χ1) is 9.70. The van der Waals surface area contributed by atoms with Gasteiger partial charge in [-0.15, -0.1) is 0 Å². The molecule has 1 aliphatic rings. The Balaban J connectivity index is 1.96. The van der Waals surface area contributed by atoms with Gasteiger partial charge in [0.2, 0.25) is 0 Å². The first-order valence-corrected chi connectivity index (χ1v) is 7.77. The van der Waals surface area contributed by atoms with E-state index < -0.39 is 0 Å². The molecule has 1 heterocycles. The summed E-state index contributed by atoms with van der Waals surface area (Å²) in [4.78, 5) is 2.43. The Hall–Kier alpha value is -0.900. The van der Waals surface area contributed by atoms with Crippen LogP contribution in [0.4, 0.5) is 0 Å². The van der Waals surface area contributed by atoms with Crippen molar-refractivity contribution in [1.82, 2.24) is 10.2 Å². The van der Waals surface area contributed by atoms with E-state index in [2.05, 4.69) is 55.4 Å². The van der Waals surface area contributed by atoms with E-state index in [0.717, 1.165) is 32.7 Å². The standard InChI is InChI=1S/C17H28N2O/c1-4-9-18-16-8-10-20-13-17(16)19(3)12-15-7-5-6-14(2)11-15/h5-7,11,16-18H,4,8-10,12-13H2,1-3H3. The van der Waals surface area contributed by atoms with Gasteiger partial charge >= 0.3 is 0 Å². The summed E-state index contributed by atoms with van der Waals surface area (Å²) in [5.74, 6) is 0. The maximum absolute atomic E-state index is 5.69. The van der Waals surface area contributed by atoms with Crippen LogP contribution in [0.1, 0.15) is 30.9 Å². The molecule has 3 heteroatoms. The lowest BCUT2D eigenvalue weighted by molar-refractivity contribution is 0.00350. The topological polar surface area (TPSA) is 24.5 Å². The molecule has 1 saturated heterocycles. The zero-order chi connectivity index (χ0) is 14.4. The number of benzene rings is 1.